The van der Waals surface area contributed by atoms with Crippen molar-refractivity contribution in [1.82, 2.24) is 25.2 Å². The lowest BCUT2D eigenvalue weighted by molar-refractivity contribution is -0.137. The third-order valence-corrected chi connectivity index (χ3v) is 4.86. The molecule has 1 aliphatic rings. The van der Waals surface area contributed by atoms with E-state index in [-0.39, 0.29) is 11.6 Å². The summed E-state index contributed by atoms with van der Waals surface area (Å²) in [5, 5.41) is 14.0. The Morgan fingerprint density at radius 1 is 1.17 bits per heavy atom. The number of alkyl halides is 3. The molecule has 0 atom stereocenters. The normalized spacial score (nSPS) is 15.2. The highest BCUT2D eigenvalue weighted by atomic mass is 19.4. The number of carbonyl (C=O) groups is 1. The number of piperidine rings is 1. The van der Waals surface area contributed by atoms with Gasteiger partial charge in [0.05, 0.1) is 18.0 Å². The van der Waals surface area contributed by atoms with Crippen LogP contribution in [0.3, 0.4) is 0 Å². The summed E-state index contributed by atoms with van der Waals surface area (Å²) in [5.41, 5.74) is -0.0158. The molecule has 3 aromatic rings. The lowest BCUT2D eigenvalue weighted by atomic mass is 9.97. The predicted octanol–water partition coefficient (Wildman–Crippen LogP) is 3.96. The van der Waals surface area contributed by atoms with E-state index in [0.29, 0.717) is 43.2 Å². The highest BCUT2D eigenvalue weighted by Gasteiger charge is 2.31. The fraction of sp³-hybridized carbons (Fsp3) is 0.316. The Bertz CT molecular complexity index is 1020. The van der Waals surface area contributed by atoms with E-state index in [2.05, 4.69) is 25.7 Å². The van der Waals surface area contributed by atoms with E-state index in [1.807, 2.05) is 0 Å². The minimum Gasteiger partial charge on any atom is -0.339 e. The van der Waals surface area contributed by atoms with Gasteiger partial charge in [0.2, 0.25) is 11.7 Å². The molecule has 1 N–H and O–H groups in total. The Labute approximate surface area is 169 Å². The molecule has 0 bridgehead atoms. The lowest BCUT2D eigenvalue weighted by Crippen LogP contribution is -2.40. The molecule has 8 nitrogen and oxygen atoms in total. The summed E-state index contributed by atoms with van der Waals surface area (Å²) in [6, 6.07) is 5.84. The largest absolute Gasteiger partial charge is 0.416 e. The maximum absolute atomic E-state index is 12.8. The highest BCUT2D eigenvalue weighted by Crippen LogP contribution is 2.31. The maximum atomic E-state index is 12.8. The molecule has 0 saturated carbocycles. The molecule has 30 heavy (non-hydrogen) atoms. The van der Waals surface area contributed by atoms with Crippen LogP contribution in [-0.2, 0) is 6.18 Å². The fourth-order valence-corrected chi connectivity index (χ4v) is 3.25. The third-order valence-electron chi connectivity index (χ3n) is 4.86. The van der Waals surface area contributed by atoms with Crippen molar-refractivity contribution < 1.29 is 22.5 Å². The first-order chi connectivity index (χ1) is 14.4. The maximum Gasteiger partial charge on any atom is 0.416 e. The van der Waals surface area contributed by atoms with Crippen LogP contribution < -0.4 is 5.32 Å². The molecule has 0 unspecified atom stereocenters. The van der Waals surface area contributed by atoms with Gasteiger partial charge in [-0.2, -0.15) is 28.4 Å². The van der Waals surface area contributed by atoms with E-state index < -0.39 is 17.8 Å². The van der Waals surface area contributed by atoms with Gasteiger partial charge in [-0.05, 0) is 37.1 Å². The number of nitrogens with zero attached hydrogens (tertiary/aromatic N) is 5. The first-order valence-corrected chi connectivity index (χ1v) is 9.24. The topological polar surface area (TPSA) is 97.0 Å². The first kappa shape index (κ1) is 19.8. The number of likely N-dealkylation sites (tertiary alicyclic amines) is 1. The molecule has 156 valence electrons. The fourth-order valence-electron chi connectivity index (χ4n) is 3.25. The van der Waals surface area contributed by atoms with E-state index in [0.717, 1.165) is 12.1 Å². The highest BCUT2D eigenvalue weighted by molar-refractivity contribution is 5.89. The number of hydrogen-bond donors (Lipinski definition) is 1. The molecule has 1 aliphatic heterocycles. The van der Waals surface area contributed by atoms with E-state index in [4.69, 9.17) is 4.52 Å². The van der Waals surface area contributed by atoms with Crippen LogP contribution in [0.15, 0.2) is 47.2 Å². The summed E-state index contributed by atoms with van der Waals surface area (Å²) in [7, 11) is 0. The van der Waals surface area contributed by atoms with Gasteiger partial charge in [0.25, 0.3) is 0 Å². The molecule has 0 spiro atoms. The number of nitrogens with one attached hydrogen (secondary N) is 1. The Morgan fingerprint density at radius 2 is 1.97 bits per heavy atom. The second kappa shape index (κ2) is 8.09. The Hall–Kier alpha value is -3.50. The van der Waals surface area contributed by atoms with Gasteiger partial charge in [-0.1, -0.05) is 11.2 Å². The van der Waals surface area contributed by atoms with Crippen molar-refractivity contribution in [2.75, 3.05) is 18.4 Å². The third kappa shape index (κ3) is 4.39. The number of amides is 2. The summed E-state index contributed by atoms with van der Waals surface area (Å²) in [4.78, 5) is 18.4. The minimum absolute atomic E-state index is 0.00125. The van der Waals surface area contributed by atoms with Crippen LogP contribution in [0.4, 0.5) is 23.7 Å². The van der Waals surface area contributed by atoms with Gasteiger partial charge in [-0.3, -0.25) is 0 Å². The summed E-state index contributed by atoms with van der Waals surface area (Å²) in [5.74, 6) is 0.906. The number of rotatable bonds is 3. The van der Waals surface area contributed by atoms with Gasteiger partial charge in [-0.25, -0.2) is 4.79 Å². The quantitative estimate of drug-likeness (QED) is 0.692. The zero-order valence-corrected chi connectivity index (χ0v) is 15.6. The first-order valence-electron chi connectivity index (χ1n) is 9.24. The number of anilines is 1. The van der Waals surface area contributed by atoms with Crippen molar-refractivity contribution >= 4 is 11.7 Å². The van der Waals surface area contributed by atoms with Gasteiger partial charge in [-0.15, -0.1) is 0 Å². The molecular weight excluding hydrogens is 401 g/mol. The number of urea groups is 1. The number of aromatic nitrogens is 4. The summed E-state index contributed by atoms with van der Waals surface area (Å²) < 4.78 is 43.8. The molecule has 1 aromatic carbocycles. The molecule has 3 heterocycles. The van der Waals surface area contributed by atoms with Crippen LogP contribution in [0.1, 0.15) is 30.2 Å². The second-order valence-electron chi connectivity index (χ2n) is 6.86. The number of halogens is 3. The Morgan fingerprint density at radius 3 is 2.67 bits per heavy atom. The Balaban J connectivity index is 1.35. The van der Waals surface area contributed by atoms with Gasteiger partial charge in [0.1, 0.15) is 0 Å². The van der Waals surface area contributed by atoms with E-state index >= 15 is 0 Å². The SMILES string of the molecule is O=C(Nc1cccc(C(F)(F)F)c1)N1CCC(c2nc(-c3ccnnc3)no2)CC1. The van der Waals surface area contributed by atoms with Crippen molar-refractivity contribution in [3.63, 3.8) is 0 Å². The average Bonchev–Trinajstić information content (AvgIpc) is 3.24. The second-order valence-corrected chi connectivity index (χ2v) is 6.86. The zero-order valence-electron chi connectivity index (χ0n) is 15.6. The van der Waals surface area contributed by atoms with Crippen molar-refractivity contribution in [2.45, 2.75) is 24.9 Å². The Kier molecular flexibility index (Phi) is 5.34. The smallest absolute Gasteiger partial charge is 0.339 e. The molecule has 0 radical (unpaired) electrons. The van der Waals surface area contributed by atoms with Gasteiger partial charge >= 0.3 is 12.2 Å². The van der Waals surface area contributed by atoms with Crippen LogP contribution in [0, 0.1) is 0 Å². The monoisotopic (exact) mass is 418 g/mol. The van der Waals surface area contributed by atoms with Crippen LogP contribution in [0.5, 0.6) is 0 Å². The predicted molar refractivity (Wildman–Crippen MR) is 99.3 cm³/mol. The zero-order chi connectivity index (χ0) is 21.1. The van der Waals surface area contributed by atoms with Crippen molar-refractivity contribution in [1.29, 1.82) is 0 Å². The number of carbonyl (C=O) groups excluding carboxylic acids is 1. The minimum atomic E-state index is -4.46. The van der Waals surface area contributed by atoms with Gasteiger partial charge in [0, 0.05) is 30.3 Å². The molecular formula is C19H17F3N6O2. The molecule has 1 fully saturated rings. The standard InChI is InChI=1S/C19H17F3N6O2/c20-19(21,22)14-2-1-3-15(10-14)25-18(29)28-8-5-12(6-9-28)17-26-16(27-30-17)13-4-7-23-24-11-13/h1-4,7,10-12H,5-6,8-9H2,(H,25,29). The van der Waals surface area contributed by atoms with Crippen LogP contribution >= 0.6 is 0 Å². The van der Waals surface area contributed by atoms with E-state index in [1.54, 1.807) is 11.0 Å². The van der Waals surface area contributed by atoms with E-state index in [9.17, 15) is 18.0 Å². The molecule has 11 heteroatoms. The van der Waals surface area contributed by atoms with Crippen molar-refractivity contribution in [3.8, 4) is 11.4 Å². The van der Waals surface area contributed by atoms with Crippen molar-refractivity contribution in [2.24, 2.45) is 0 Å². The summed E-state index contributed by atoms with van der Waals surface area (Å²) >= 11 is 0. The number of hydrogen-bond acceptors (Lipinski definition) is 6. The summed E-state index contributed by atoms with van der Waals surface area (Å²) in [6.07, 6.45) is -0.185. The van der Waals surface area contributed by atoms with E-state index in [1.165, 1.54) is 24.5 Å². The van der Waals surface area contributed by atoms with Crippen molar-refractivity contribution in [3.05, 3.63) is 54.2 Å². The van der Waals surface area contributed by atoms with Gasteiger partial charge < -0.3 is 14.7 Å². The number of benzene rings is 1. The summed E-state index contributed by atoms with van der Waals surface area (Å²) in [6.45, 7) is 0.841. The molecule has 0 aliphatic carbocycles. The molecule has 4 rings (SSSR count). The molecule has 2 aromatic heterocycles. The lowest BCUT2D eigenvalue weighted by Gasteiger charge is -2.30. The molecule has 1 saturated heterocycles. The van der Waals surface area contributed by atoms with Gasteiger partial charge in [0.15, 0.2) is 0 Å². The van der Waals surface area contributed by atoms with Crippen LogP contribution in [0.2, 0.25) is 0 Å². The molecule has 2 amide bonds. The average molecular weight is 418 g/mol. The van der Waals surface area contributed by atoms with Crippen LogP contribution in [0.25, 0.3) is 11.4 Å². The van der Waals surface area contributed by atoms with Crippen LogP contribution in [-0.4, -0.2) is 44.4 Å².